The summed E-state index contributed by atoms with van der Waals surface area (Å²) in [4.78, 5) is 24.5. The molecule has 28 heavy (non-hydrogen) atoms. The smallest absolute Gasteiger partial charge is 0.342 e. The molecule has 0 bridgehead atoms. The molecule has 140 valence electrons. The molecule has 3 rings (SSSR count). The number of carbonyl (C=O) groups is 2. The third kappa shape index (κ3) is 4.46. The number of hydrogen-bond acceptors (Lipinski definition) is 5. The van der Waals surface area contributed by atoms with E-state index in [1.165, 1.54) is 7.11 Å². The molecule has 0 aliphatic carbocycles. The standard InChI is InChI=1S/C22H18N2O4/c1-27-20-13-17-5-3-2-4-16(17)12-19(20)22(26)28-14-21(25)24-18-8-6-15(7-9-18)10-11-23/h2-9,12-13H,10,14H2,1H3,(H,24,25). The minimum Gasteiger partial charge on any atom is -0.496 e. The molecule has 0 radical (unpaired) electrons. The van der Waals surface area contributed by atoms with Crippen molar-refractivity contribution in [3.63, 3.8) is 0 Å². The highest BCUT2D eigenvalue weighted by Gasteiger charge is 2.16. The number of ether oxygens (including phenoxy) is 2. The molecule has 6 nitrogen and oxygen atoms in total. The first-order chi connectivity index (χ1) is 13.6. The van der Waals surface area contributed by atoms with Crippen LogP contribution in [0.3, 0.4) is 0 Å². The van der Waals surface area contributed by atoms with Gasteiger partial charge in [0, 0.05) is 5.69 Å². The second kappa shape index (κ2) is 8.69. The molecule has 3 aromatic carbocycles. The Kier molecular flexibility index (Phi) is 5.87. The number of carbonyl (C=O) groups excluding carboxylic acids is 2. The van der Waals surface area contributed by atoms with E-state index >= 15 is 0 Å². The summed E-state index contributed by atoms with van der Waals surface area (Å²) in [5.41, 5.74) is 1.68. The molecule has 0 unspecified atom stereocenters. The molecular formula is C22H18N2O4. The van der Waals surface area contributed by atoms with Crippen LogP contribution in [0.25, 0.3) is 10.8 Å². The Morgan fingerprint density at radius 2 is 1.71 bits per heavy atom. The molecule has 0 saturated heterocycles. The van der Waals surface area contributed by atoms with Crippen LogP contribution in [0.4, 0.5) is 5.69 Å². The Hall–Kier alpha value is -3.85. The van der Waals surface area contributed by atoms with Gasteiger partial charge >= 0.3 is 5.97 Å². The van der Waals surface area contributed by atoms with E-state index in [1.807, 2.05) is 24.3 Å². The van der Waals surface area contributed by atoms with E-state index in [4.69, 9.17) is 14.7 Å². The van der Waals surface area contributed by atoms with E-state index in [0.29, 0.717) is 17.9 Å². The first kappa shape index (κ1) is 18.9. The summed E-state index contributed by atoms with van der Waals surface area (Å²) in [6, 6.07) is 20.0. The number of esters is 1. The second-order valence-corrected chi connectivity index (χ2v) is 6.06. The van der Waals surface area contributed by atoms with Gasteiger partial charge in [0.15, 0.2) is 6.61 Å². The molecule has 6 heteroatoms. The number of methoxy groups -OCH3 is 1. The van der Waals surface area contributed by atoms with Crippen molar-refractivity contribution in [2.75, 3.05) is 19.0 Å². The lowest BCUT2D eigenvalue weighted by atomic mass is 10.1. The first-order valence-electron chi connectivity index (χ1n) is 8.60. The van der Waals surface area contributed by atoms with Crippen LogP contribution in [0.2, 0.25) is 0 Å². The maximum Gasteiger partial charge on any atom is 0.342 e. The summed E-state index contributed by atoms with van der Waals surface area (Å²) >= 11 is 0. The highest BCUT2D eigenvalue weighted by molar-refractivity contribution is 6.00. The molecule has 0 aliphatic rings. The summed E-state index contributed by atoms with van der Waals surface area (Å²) in [5.74, 6) is -0.708. The van der Waals surface area contributed by atoms with Gasteiger partial charge in [-0.15, -0.1) is 0 Å². The van der Waals surface area contributed by atoms with Crippen molar-refractivity contribution in [2.45, 2.75) is 6.42 Å². The van der Waals surface area contributed by atoms with E-state index in [9.17, 15) is 9.59 Å². The van der Waals surface area contributed by atoms with Gasteiger partial charge in [0.2, 0.25) is 0 Å². The van der Waals surface area contributed by atoms with Crippen LogP contribution in [0.1, 0.15) is 15.9 Å². The van der Waals surface area contributed by atoms with Gasteiger partial charge in [-0.2, -0.15) is 5.26 Å². The van der Waals surface area contributed by atoms with Crippen LogP contribution in [-0.4, -0.2) is 25.6 Å². The van der Waals surface area contributed by atoms with Crippen molar-refractivity contribution >= 4 is 28.3 Å². The highest BCUT2D eigenvalue weighted by Crippen LogP contribution is 2.26. The van der Waals surface area contributed by atoms with Crippen molar-refractivity contribution < 1.29 is 19.1 Å². The number of amides is 1. The van der Waals surface area contributed by atoms with Gasteiger partial charge in [0.1, 0.15) is 11.3 Å². The summed E-state index contributed by atoms with van der Waals surface area (Å²) < 4.78 is 10.4. The summed E-state index contributed by atoms with van der Waals surface area (Å²) in [6.07, 6.45) is 0.305. The molecule has 0 aromatic heterocycles. The number of anilines is 1. The number of nitrogens with zero attached hydrogens (tertiary/aromatic N) is 1. The molecule has 1 N–H and O–H groups in total. The fourth-order valence-electron chi connectivity index (χ4n) is 2.75. The van der Waals surface area contributed by atoms with Gasteiger partial charge in [-0.25, -0.2) is 4.79 Å². The molecule has 0 saturated carbocycles. The lowest BCUT2D eigenvalue weighted by Crippen LogP contribution is -2.21. The summed E-state index contributed by atoms with van der Waals surface area (Å²) in [5, 5.41) is 13.1. The molecule has 0 heterocycles. The molecule has 1 amide bonds. The van der Waals surface area contributed by atoms with Crippen LogP contribution >= 0.6 is 0 Å². The average molecular weight is 374 g/mol. The first-order valence-corrected chi connectivity index (χ1v) is 8.60. The molecule has 0 fully saturated rings. The zero-order chi connectivity index (χ0) is 19.9. The van der Waals surface area contributed by atoms with Crippen LogP contribution in [0.5, 0.6) is 5.75 Å². The lowest BCUT2D eigenvalue weighted by molar-refractivity contribution is -0.119. The topological polar surface area (TPSA) is 88.4 Å². The lowest BCUT2D eigenvalue weighted by Gasteiger charge is -2.11. The molecular weight excluding hydrogens is 356 g/mol. The normalized spacial score (nSPS) is 10.1. The van der Waals surface area contributed by atoms with E-state index in [0.717, 1.165) is 16.3 Å². The Morgan fingerprint density at radius 3 is 2.36 bits per heavy atom. The predicted octanol–water partition coefficient (Wildman–Crippen LogP) is 3.71. The highest BCUT2D eigenvalue weighted by atomic mass is 16.5. The zero-order valence-corrected chi connectivity index (χ0v) is 15.3. The molecule has 3 aromatic rings. The van der Waals surface area contributed by atoms with Gasteiger partial charge < -0.3 is 14.8 Å². The Morgan fingerprint density at radius 1 is 1.04 bits per heavy atom. The van der Waals surface area contributed by atoms with Crippen LogP contribution in [0, 0.1) is 11.3 Å². The van der Waals surface area contributed by atoms with Crippen molar-refractivity contribution in [2.24, 2.45) is 0 Å². The number of hydrogen-bond donors (Lipinski definition) is 1. The second-order valence-electron chi connectivity index (χ2n) is 6.06. The van der Waals surface area contributed by atoms with Gasteiger partial charge in [-0.3, -0.25) is 4.79 Å². The predicted molar refractivity (Wildman–Crippen MR) is 105 cm³/mol. The fourth-order valence-corrected chi connectivity index (χ4v) is 2.75. The quantitative estimate of drug-likeness (QED) is 0.665. The number of rotatable bonds is 6. The Balaban J connectivity index is 1.64. The summed E-state index contributed by atoms with van der Waals surface area (Å²) in [6.45, 7) is -0.422. The van der Waals surface area contributed by atoms with Gasteiger partial charge in [-0.05, 0) is 40.6 Å². The summed E-state index contributed by atoms with van der Waals surface area (Å²) in [7, 11) is 1.48. The van der Waals surface area contributed by atoms with E-state index in [-0.39, 0.29) is 5.56 Å². The van der Waals surface area contributed by atoms with Gasteiger partial charge in [-0.1, -0.05) is 36.4 Å². The Bertz CT molecular complexity index is 1050. The van der Waals surface area contributed by atoms with Crippen molar-refractivity contribution in [1.29, 1.82) is 5.26 Å². The van der Waals surface area contributed by atoms with Crippen LogP contribution in [0.15, 0.2) is 60.7 Å². The average Bonchev–Trinajstić information content (AvgIpc) is 2.72. The molecule has 0 spiro atoms. The minimum atomic E-state index is -0.637. The minimum absolute atomic E-state index is 0.259. The SMILES string of the molecule is COc1cc2ccccc2cc1C(=O)OCC(=O)Nc1ccc(CC#N)cc1. The maximum absolute atomic E-state index is 12.4. The monoisotopic (exact) mass is 374 g/mol. The van der Waals surface area contributed by atoms with E-state index in [2.05, 4.69) is 11.4 Å². The van der Waals surface area contributed by atoms with E-state index in [1.54, 1.807) is 36.4 Å². The van der Waals surface area contributed by atoms with Crippen molar-refractivity contribution in [1.82, 2.24) is 0 Å². The Labute approximate surface area is 162 Å². The van der Waals surface area contributed by atoms with Crippen LogP contribution < -0.4 is 10.1 Å². The van der Waals surface area contributed by atoms with Gasteiger partial charge in [0.05, 0.1) is 19.6 Å². The maximum atomic E-state index is 12.4. The largest absolute Gasteiger partial charge is 0.496 e. The third-order valence-electron chi connectivity index (χ3n) is 4.14. The zero-order valence-electron chi connectivity index (χ0n) is 15.3. The molecule has 0 atom stereocenters. The van der Waals surface area contributed by atoms with Crippen LogP contribution in [-0.2, 0) is 16.0 Å². The third-order valence-corrected chi connectivity index (χ3v) is 4.14. The fraction of sp³-hybridized carbons (Fsp3) is 0.136. The molecule has 0 aliphatic heterocycles. The van der Waals surface area contributed by atoms with E-state index < -0.39 is 18.5 Å². The number of benzene rings is 3. The number of fused-ring (bicyclic) bond motifs is 1. The number of nitrogens with one attached hydrogen (secondary N) is 1. The van der Waals surface area contributed by atoms with Crippen molar-refractivity contribution in [3.05, 3.63) is 71.8 Å². The number of nitriles is 1. The van der Waals surface area contributed by atoms with Crippen molar-refractivity contribution in [3.8, 4) is 11.8 Å². The van der Waals surface area contributed by atoms with Gasteiger partial charge in [0.25, 0.3) is 5.91 Å².